The minimum Gasteiger partial charge on any atom is -0.365 e. The summed E-state index contributed by atoms with van der Waals surface area (Å²) in [6.07, 6.45) is 0.798. The molecule has 0 atom stereocenters. The van der Waals surface area contributed by atoms with Crippen molar-refractivity contribution in [1.29, 1.82) is 0 Å². The Labute approximate surface area is 129 Å². The number of nitrogens with zero attached hydrogens (tertiary/aromatic N) is 2. The van der Waals surface area contributed by atoms with Gasteiger partial charge in [-0.2, -0.15) is 0 Å². The Morgan fingerprint density at radius 1 is 1.48 bits per heavy atom. The number of benzene rings is 1. The molecular weight excluding hydrogens is 297 g/mol. The van der Waals surface area contributed by atoms with Gasteiger partial charge in [-0.25, -0.2) is 4.39 Å². The van der Waals surface area contributed by atoms with Crippen molar-refractivity contribution in [3.63, 3.8) is 0 Å². The molecule has 0 aliphatic carbocycles. The zero-order valence-electron chi connectivity index (χ0n) is 12.5. The van der Waals surface area contributed by atoms with Crippen LogP contribution in [-0.4, -0.2) is 24.6 Å². The lowest BCUT2D eigenvalue weighted by molar-refractivity contribution is -0.384. The van der Waals surface area contributed by atoms with Gasteiger partial charge in [0.25, 0.3) is 5.69 Å². The largest absolute Gasteiger partial charge is 0.365 e. The highest BCUT2D eigenvalue weighted by molar-refractivity contribution is 6.31. The number of hydrogen-bond donors (Lipinski definition) is 1. The molecule has 1 rings (SSSR count). The second kappa shape index (κ2) is 7.04. The summed E-state index contributed by atoms with van der Waals surface area (Å²) >= 11 is 5.79. The van der Waals surface area contributed by atoms with Crippen molar-refractivity contribution in [2.75, 3.05) is 24.5 Å². The molecule has 0 aliphatic heterocycles. The average Bonchev–Trinajstić information content (AvgIpc) is 2.40. The van der Waals surface area contributed by atoms with Crippen molar-refractivity contribution >= 4 is 23.0 Å². The van der Waals surface area contributed by atoms with Crippen molar-refractivity contribution in [2.45, 2.75) is 27.2 Å². The predicted octanol–water partition coefficient (Wildman–Crippen LogP) is 3.59. The van der Waals surface area contributed by atoms with E-state index in [9.17, 15) is 14.5 Å². The number of hydrogen-bond acceptors (Lipinski definition) is 4. The second-order valence-electron chi connectivity index (χ2n) is 5.80. The lowest BCUT2D eigenvalue weighted by Crippen LogP contribution is -2.39. The van der Waals surface area contributed by atoms with Gasteiger partial charge in [0.1, 0.15) is 11.5 Å². The van der Waals surface area contributed by atoms with Crippen LogP contribution in [0.15, 0.2) is 12.1 Å². The highest BCUT2D eigenvalue weighted by atomic mass is 35.5. The third-order valence-corrected chi connectivity index (χ3v) is 3.51. The maximum atomic E-state index is 13.5. The first kappa shape index (κ1) is 17.7. The van der Waals surface area contributed by atoms with E-state index in [1.165, 1.54) is 6.07 Å². The van der Waals surface area contributed by atoms with E-state index in [1.807, 2.05) is 25.7 Å². The molecule has 0 bridgehead atoms. The quantitative estimate of drug-likeness (QED) is 0.616. The highest BCUT2D eigenvalue weighted by Gasteiger charge is 2.26. The molecule has 7 heteroatoms. The Morgan fingerprint density at radius 2 is 2.10 bits per heavy atom. The third-order valence-electron chi connectivity index (χ3n) is 3.22. The number of anilines is 1. The number of nitrogens with two attached hydrogens (primary N) is 1. The lowest BCUT2D eigenvalue weighted by atomic mass is 9.92. The minimum absolute atomic E-state index is 0.123. The van der Waals surface area contributed by atoms with E-state index in [0.29, 0.717) is 25.3 Å². The van der Waals surface area contributed by atoms with Gasteiger partial charge in [0, 0.05) is 13.1 Å². The summed E-state index contributed by atoms with van der Waals surface area (Å²) in [6.45, 7) is 7.50. The minimum atomic E-state index is -0.790. The van der Waals surface area contributed by atoms with E-state index in [1.54, 1.807) is 0 Å². The first-order valence-electron chi connectivity index (χ1n) is 6.80. The van der Waals surface area contributed by atoms with Crippen LogP contribution in [0, 0.1) is 21.3 Å². The van der Waals surface area contributed by atoms with E-state index in [0.717, 1.165) is 12.5 Å². The van der Waals surface area contributed by atoms with Crippen LogP contribution in [0.4, 0.5) is 15.8 Å². The molecule has 5 nitrogen and oxygen atoms in total. The topological polar surface area (TPSA) is 72.4 Å². The maximum absolute atomic E-state index is 13.5. The Morgan fingerprint density at radius 3 is 2.57 bits per heavy atom. The normalized spacial score (nSPS) is 11.5. The lowest BCUT2D eigenvalue weighted by Gasteiger charge is -2.33. The number of nitro benzene ring substituents is 1. The molecule has 0 amide bonds. The molecule has 1 aromatic rings. The van der Waals surface area contributed by atoms with Crippen LogP contribution in [0.25, 0.3) is 0 Å². The Balaban J connectivity index is 3.30. The third kappa shape index (κ3) is 4.54. The fourth-order valence-corrected chi connectivity index (χ4v) is 2.22. The molecule has 0 unspecified atom stereocenters. The molecule has 0 aliphatic rings. The molecule has 0 radical (unpaired) electrons. The standard InChI is InChI=1S/C14H21ClFN3O2/c1-4-5-18(9-14(2,3)8-17)12-6-10(15)11(16)7-13(12)19(20)21/h6-7H,4-5,8-9,17H2,1-3H3. The van der Waals surface area contributed by atoms with Gasteiger partial charge in [0.05, 0.1) is 16.0 Å². The fourth-order valence-electron chi connectivity index (χ4n) is 2.06. The zero-order chi connectivity index (χ0) is 16.2. The number of halogens is 2. The van der Waals surface area contributed by atoms with Gasteiger partial charge in [0.15, 0.2) is 0 Å². The van der Waals surface area contributed by atoms with Crippen molar-refractivity contribution < 1.29 is 9.31 Å². The molecule has 0 aromatic heterocycles. The zero-order valence-corrected chi connectivity index (χ0v) is 13.3. The van der Waals surface area contributed by atoms with Gasteiger partial charge in [-0.3, -0.25) is 10.1 Å². The van der Waals surface area contributed by atoms with E-state index in [-0.39, 0.29) is 16.1 Å². The van der Waals surface area contributed by atoms with Crippen LogP contribution in [0.2, 0.25) is 5.02 Å². The summed E-state index contributed by atoms with van der Waals surface area (Å²) in [5.74, 6) is -0.790. The fraction of sp³-hybridized carbons (Fsp3) is 0.571. The van der Waals surface area contributed by atoms with Crippen molar-refractivity contribution in [3.8, 4) is 0 Å². The second-order valence-corrected chi connectivity index (χ2v) is 6.21. The Kier molecular flexibility index (Phi) is 5.92. The van der Waals surface area contributed by atoms with Crippen molar-refractivity contribution in [3.05, 3.63) is 33.1 Å². The van der Waals surface area contributed by atoms with E-state index < -0.39 is 10.7 Å². The molecule has 21 heavy (non-hydrogen) atoms. The molecule has 0 fully saturated rings. The van der Waals surface area contributed by atoms with Gasteiger partial charge in [0.2, 0.25) is 0 Å². The van der Waals surface area contributed by atoms with Crippen molar-refractivity contribution in [2.24, 2.45) is 11.1 Å². The predicted molar refractivity (Wildman–Crippen MR) is 83.4 cm³/mol. The van der Waals surface area contributed by atoms with Crippen LogP contribution in [0.5, 0.6) is 0 Å². The smallest absolute Gasteiger partial charge is 0.295 e. The summed E-state index contributed by atoms with van der Waals surface area (Å²) < 4.78 is 13.5. The summed E-state index contributed by atoms with van der Waals surface area (Å²) in [5.41, 5.74) is 5.56. The van der Waals surface area contributed by atoms with Crippen LogP contribution in [0.3, 0.4) is 0 Å². The first-order chi connectivity index (χ1) is 9.71. The summed E-state index contributed by atoms with van der Waals surface area (Å²) in [5, 5.41) is 11.1. The van der Waals surface area contributed by atoms with Crippen molar-refractivity contribution in [1.82, 2.24) is 0 Å². The monoisotopic (exact) mass is 317 g/mol. The van der Waals surface area contributed by atoms with Gasteiger partial charge in [-0.1, -0.05) is 32.4 Å². The number of rotatable bonds is 7. The molecule has 0 saturated heterocycles. The number of nitro groups is 1. The SMILES string of the molecule is CCCN(CC(C)(C)CN)c1cc(Cl)c(F)cc1[N+](=O)[O-]. The van der Waals surface area contributed by atoms with E-state index in [4.69, 9.17) is 17.3 Å². The van der Waals surface area contributed by atoms with Gasteiger partial charge in [-0.05, 0) is 24.4 Å². The summed E-state index contributed by atoms with van der Waals surface area (Å²) in [6, 6.07) is 2.19. The van der Waals surface area contributed by atoms with Gasteiger partial charge in [-0.15, -0.1) is 0 Å². The van der Waals surface area contributed by atoms with Crippen LogP contribution >= 0.6 is 11.6 Å². The first-order valence-corrected chi connectivity index (χ1v) is 7.18. The molecule has 0 spiro atoms. The van der Waals surface area contributed by atoms with Gasteiger partial charge >= 0.3 is 0 Å². The average molecular weight is 318 g/mol. The molecule has 0 heterocycles. The molecule has 118 valence electrons. The summed E-state index contributed by atoms with van der Waals surface area (Å²) in [4.78, 5) is 12.4. The van der Waals surface area contributed by atoms with E-state index >= 15 is 0 Å². The molecule has 0 saturated carbocycles. The van der Waals surface area contributed by atoms with Crippen LogP contribution in [-0.2, 0) is 0 Å². The maximum Gasteiger partial charge on any atom is 0.295 e. The Hall–Kier alpha value is -1.40. The van der Waals surface area contributed by atoms with Crippen LogP contribution in [0.1, 0.15) is 27.2 Å². The van der Waals surface area contributed by atoms with Gasteiger partial charge < -0.3 is 10.6 Å². The highest BCUT2D eigenvalue weighted by Crippen LogP contribution is 2.34. The Bertz CT molecular complexity index is 523. The molecule has 2 N–H and O–H groups in total. The van der Waals surface area contributed by atoms with Crippen LogP contribution < -0.4 is 10.6 Å². The molecule has 1 aromatic carbocycles. The molecular formula is C14H21ClFN3O2. The summed E-state index contributed by atoms with van der Waals surface area (Å²) in [7, 11) is 0. The van der Waals surface area contributed by atoms with E-state index in [2.05, 4.69) is 0 Å².